The van der Waals surface area contributed by atoms with Crippen molar-refractivity contribution >= 4 is 0 Å². The van der Waals surface area contributed by atoms with E-state index in [4.69, 9.17) is 9.47 Å². The van der Waals surface area contributed by atoms with Crippen LogP contribution < -0.4 is 5.32 Å². The van der Waals surface area contributed by atoms with Gasteiger partial charge in [-0.1, -0.05) is 0 Å². The fourth-order valence-corrected chi connectivity index (χ4v) is 0.976. The molecule has 0 saturated carbocycles. The van der Waals surface area contributed by atoms with E-state index < -0.39 is 19.1 Å². The van der Waals surface area contributed by atoms with E-state index in [1.165, 1.54) is 0 Å². The second kappa shape index (κ2) is 8.96. The summed E-state index contributed by atoms with van der Waals surface area (Å²) in [6.07, 6.45) is -3.28. The maximum absolute atomic E-state index is 11.7. The largest absolute Gasteiger partial charge is 0.389 e. The van der Waals surface area contributed by atoms with Crippen LogP contribution in [0.2, 0.25) is 0 Å². The lowest BCUT2D eigenvalue weighted by Crippen LogP contribution is -2.34. The molecule has 0 heterocycles. The zero-order chi connectivity index (χ0) is 11.7. The Morgan fingerprint density at radius 3 is 2.47 bits per heavy atom. The van der Waals surface area contributed by atoms with Crippen molar-refractivity contribution in [2.45, 2.75) is 25.6 Å². The average molecular weight is 227 g/mol. The van der Waals surface area contributed by atoms with Gasteiger partial charge in [0.1, 0.15) is 0 Å². The molecule has 0 rings (SSSR count). The predicted octanol–water partition coefficient (Wildman–Crippen LogP) is 0.254. The van der Waals surface area contributed by atoms with Crippen molar-refractivity contribution in [1.82, 2.24) is 5.32 Å². The molecule has 15 heavy (non-hydrogen) atoms. The zero-order valence-electron chi connectivity index (χ0n) is 9.08. The number of nitrogens with one attached hydrogen (secondary N) is 1. The second-order valence-corrected chi connectivity index (χ2v) is 3.30. The minimum Gasteiger partial charge on any atom is -0.389 e. The van der Waals surface area contributed by atoms with Crippen molar-refractivity contribution in [3.8, 4) is 0 Å². The number of rotatable bonds is 9. The lowest BCUT2D eigenvalue weighted by Gasteiger charge is -2.16. The van der Waals surface area contributed by atoms with Crippen LogP contribution in [0.15, 0.2) is 0 Å². The van der Waals surface area contributed by atoms with E-state index in [-0.39, 0.29) is 19.3 Å². The summed E-state index contributed by atoms with van der Waals surface area (Å²) in [7, 11) is 1.56. The smallest absolute Gasteiger partial charge is 0.250 e. The molecule has 0 aliphatic rings. The third-order valence-electron chi connectivity index (χ3n) is 1.65. The summed E-state index contributed by atoms with van der Waals surface area (Å²) in [5, 5.41) is 11.7. The van der Waals surface area contributed by atoms with Crippen LogP contribution in [0.5, 0.6) is 0 Å². The topological polar surface area (TPSA) is 50.7 Å². The van der Waals surface area contributed by atoms with Gasteiger partial charge in [0.05, 0.1) is 32.0 Å². The summed E-state index contributed by atoms with van der Waals surface area (Å²) in [5.41, 5.74) is 0. The number of alkyl halides is 2. The molecule has 0 bridgehead atoms. The summed E-state index contributed by atoms with van der Waals surface area (Å²) in [6, 6.07) is 0. The lowest BCUT2D eigenvalue weighted by molar-refractivity contribution is -0.0316. The summed E-state index contributed by atoms with van der Waals surface area (Å²) in [6.45, 7) is 2.05. The van der Waals surface area contributed by atoms with Gasteiger partial charge in [-0.05, 0) is 6.92 Å². The normalized spacial score (nSPS) is 15.6. The highest BCUT2D eigenvalue weighted by Crippen LogP contribution is 1.94. The Labute approximate surface area is 88.6 Å². The molecule has 2 atom stereocenters. The van der Waals surface area contributed by atoms with Crippen molar-refractivity contribution < 1.29 is 23.4 Å². The SMILES string of the molecule is COCC(C)OCC(O)CNCC(F)F. The molecule has 92 valence electrons. The Kier molecular flexibility index (Phi) is 8.79. The first kappa shape index (κ1) is 14.7. The van der Waals surface area contributed by atoms with Gasteiger partial charge in [-0.2, -0.15) is 0 Å². The highest BCUT2D eigenvalue weighted by atomic mass is 19.3. The van der Waals surface area contributed by atoms with Crippen molar-refractivity contribution in [3.63, 3.8) is 0 Å². The molecule has 0 aliphatic heterocycles. The molecule has 2 N–H and O–H groups in total. The quantitative estimate of drug-likeness (QED) is 0.593. The molecule has 2 unspecified atom stereocenters. The molecule has 0 aromatic heterocycles. The number of methoxy groups -OCH3 is 1. The molecule has 0 fully saturated rings. The van der Waals surface area contributed by atoms with Crippen LogP contribution in [-0.2, 0) is 9.47 Å². The summed E-state index contributed by atoms with van der Waals surface area (Å²) >= 11 is 0. The van der Waals surface area contributed by atoms with E-state index in [0.717, 1.165) is 0 Å². The Balaban J connectivity index is 3.36. The highest BCUT2D eigenvalue weighted by Gasteiger charge is 2.09. The molecule has 0 aromatic rings. The summed E-state index contributed by atoms with van der Waals surface area (Å²) in [4.78, 5) is 0. The van der Waals surface area contributed by atoms with Gasteiger partial charge in [-0.25, -0.2) is 8.78 Å². The van der Waals surface area contributed by atoms with Gasteiger partial charge in [0, 0.05) is 13.7 Å². The Morgan fingerprint density at radius 1 is 1.27 bits per heavy atom. The summed E-state index contributed by atoms with van der Waals surface area (Å²) in [5.74, 6) is 0. The number of ether oxygens (including phenoxy) is 2. The van der Waals surface area contributed by atoms with Crippen molar-refractivity contribution in [2.24, 2.45) is 0 Å². The van der Waals surface area contributed by atoms with Gasteiger partial charge in [0.2, 0.25) is 0 Å². The molecular formula is C9H19F2NO3. The second-order valence-electron chi connectivity index (χ2n) is 3.30. The van der Waals surface area contributed by atoms with Gasteiger partial charge >= 0.3 is 0 Å². The molecule has 0 aromatic carbocycles. The fourth-order valence-electron chi connectivity index (χ4n) is 0.976. The first-order valence-corrected chi connectivity index (χ1v) is 4.83. The maximum atomic E-state index is 11.7. The van der Waals surface area contributed by atoms with Crippen LogP contribution in [0.3, 0.4) is 0 Å². The van der Waals surface area contributed by atoms with Crippen molar-refractivity contribution in [3.05, 3.63) is 0 Å². The van der Waals surface area contributed by atoms with E-state index in [0.29, 0.717) is 6.61 Å². The van der Waals surface area contributed by atoms with E-state index in [1.54, 1.807) is 7.11 Å². The van der Waals surface area contributed by atoms with E-state index >= 15 is 0 Å². The third-order valence-corrected chi connectivity index (χ3v) is 1.65. The summed E-state index contributed by atoms with van der Waals surface area (Å²) < 4.78 is 33.4. The fraction of sp³-hybridized carbons (Fsp3) is 1.00. The Hall–Kier alpha value is -0.300. The van der Waals surface area contributed by atoms with Crippen molar-refractivity contribution in [2.75, 3.05) is 33.4 Å². The number of hydrogen-bond donors (Lipinski definition) is 2. The minimum atomic E-state index is -2.40. The Morgan fingerprint density at radius 2 is 1.93 bits per heavy atom. The maximum Gasteiger partial charge on any atom is 0.250 e. The van der Waals surface area contributed by atoms with E-state index in [2.05, 4.69) is 5.32 Å². The van der Waals surface area contributed by atoms with Crippen LogP contribution in [0.1, 0.15) is 6.92 Å². The van der Waals surface area contributed by atoms with E-state index in [9.17, 15) is 13.9 Å². The average Bonchev–Trinajstić information content (AvgIpc) is 2.14. The predicted molar refractivity (Wildman–Crippen MR) is 52.2 cm³/mol. The standard InChI is InChI=1S/C9H19F2NO3/c1-7(5-14-2)15-6-8(13)3-12-4-9(10)11/h7-9,12-13H,3-6H2,1-2H3. The molecule has 0 radical (unpaired) electrons. The van der Waals surface area contributed by atoms with Gasteiger partial charge < -0.3 is 19.9 Å². The Bertz CT molecular complexity index is 149. The van der Waals surface area contributed by atoms with Gasteiger partial charge in [0.15, 0.2) is 0 Å². The van der Waals surface area contributed by atoms with Gasteiger partial charge in [0.25, 0.3) is 6.43 Å². The zero-order valence-corrected chi connectivity index (χ0v) is 9.08. The monoisotopic (exact) mass is 227 g/mol. The van der Waals surface area contributed by atoms with Gasteiger partial charge in [-0.15, -0.1) is 0 Å². The van der Waals surface area contributed by atoms with Crippen LogP contribution in [0.25, 0.3) is 0 Å². The molecular weight excluding hydrogens is 208 g/mol. The first-order valence-electron chi connectivity index (χ1n) is 4.83. The molecule has 4 nitrogen and oxygen atoms in total. The molecule has 0 saturated heterocycles. The van der Waals surface area contributed by atoms with Crippen LogP contribution in [-0.4, -0.2) is 57.2 Å². The first-order chi connectivity index (χ1) is 7.06. The van der Waals surface area contributed by atoms with Crippen molar-refractivity contribution in [1.29, 1.82) is 0 Å². The van der Waals surface area contributed by atoms with Crippen LogP contribution in [0, 0.1) is 0 Å². The van der Waals surface area contributed by atoms with Crippen LogP contribution >= 0.6 is 0 Å². The van der Waals surface area contributed by atoms with Gasteiger partial charge in [-0.3, -0.25) is 0 Å². The number of aliphatic hydroxyl groups is 1. The lowest BCUT2D eigenvalue weighted by atomic mass is 10.3. The third kappa shape index (κ3) is 9.99. The van der Waals surface area contributed by atoms with E-state index in [1.807, 2.05) is 6.92 Å². The molecule has 6 heteroatoms. The molecule has 0 aliphatic carbocycles. The molecule has 0 amide bonds. The highest BCUT2D eigenvalue weighted by molar-refractivity contribution is 4.60. The number of aliphatic hydroxyl groups excluding tert-OH is 1. The minimum absolute atomic E-state index is 0.101. The number of hydrogen-bond acceptors (Lipinski definition) is 4. The molecule has 0 spiro atoms. The van der Waals surface area contributed by atoms with Crippen LogP contribution in [0.4, 0.5) is 8.78 Å². The number of halogens is 2.